The third kappa shape index (κ3) is 1.95. The molecular weight excluding hydrogens is 249 g/mol. The van der Waals surface area contributed by atoms with E-state index in [9.17, 15) is 14.3 Å². The first-order valence-electron chi connectivity index (χ1n) is 6.00. The van der Waals surface area contributed by atoms with Gasteiger partial charge < -0.3 is 10.4 Å². The molecule has 0 aliphatic carbocycles. The van der Waals surface area contributed by atoms with E-state index in [-0.39, 0.29) is 17.0 Å². The third-order valence-electron chi connectivity index (χ3n) is 3.12. The average molecular weight is 261 g/mol. The molecule has 0 bridgehead atoms. The molecule has 5 nitrogen and oxygen atoms in total. The predicted molar refractivity (Wildman–Crippen MR) is 68.7 cm³/mol. The van der Waals surface area contributed by atoms with Gasteiger partial charge >= 0.3 is 0 Å². The number of benzene rings is 1. The highest BCUT2D eigenvalue weighted by atomic mass is 19.1. The average Bonchev–Trinajstić information content (AvgIpc) is 2.41. The van der Waals surface area contributed by atoms with Gasteiger partial charge in [-0.3, -0.25) is 9.36 Å². The van der Waals surface area contributed by atoms with Crippen LogP contribution in [0.3, 0.4) is 0 Å². The van der Waals surface area contributed by atoms with E-state index in [0.29, 0.717) is 18.1 Å². The fourth-order valence-electron chi connectivity index (χ4n) is 2.19. The fraction of sp³-hybridized carbons (Fsp3) is 0.231. The van der Waals surface area contributed by atoms with Crippen LogP contribution in [0.1, 0.15) is 6.42 Å². The predicted octanol–water partition coefficient (Wildman–Crippen LogP) is 1.57. The van der Waals surface area contributed by atoms with Gasteiger partial charge in [-0.25, -0.2) is 4.39 Å². The van der Waals surface area contributed by atoms with Gasteiger partial charge in [-0.05, 0) is 24.1 Å². The molecular formula is C13H12FN3O2. The number of hydrogen-bond acceptors (Lipinski definition) is 4. The van der Waals surface area contributed by atoms with Crippen molar-refractivity contribution in [1.29, 1.82) is 0 Å². The number of aromatic hydroxyl groups is 1. The molecule has 0 fully saturated rings. The number of hydrogen-bond donors (Lipinski definition) is 2. The maximum Gasteiger partial charge on any atom is 0.266 e. The molecule has 1 aliphatic rings. The first kappa shape index (κ1) is 11.7. The molecule has 19 heavy (non-hydrogen) atoms. The molecule has 0 saturated heterocycles. The standard InChI is InChI=1S/C13H12FN3O2/c14-9-4-2-8(3-5-9)10-11(18)16-13-15-6-1-7-17(13)12(10)19/h2-5,18H,1,6-7H2,(H,15,16). The van der Waals surface area contributed by atoms with Crippen LogP contribution in [0.2, 0.25) is 0 Å². The van der Waals surface area contributed by atoms with Crippen LogP contribution in [0.5, 0.6) is 5.88 Å². The summed E-state index contributed by atoms with van der Waals surface area (Å²) in [7, 11) is 0. The summed E-state index contributed by atoms with van der Waals surface area (Å²) in [6.45, 7) is 1.28. The van der Waals surface area contributed by atoms with Crippen molar-refractivity contribution in [3.63, 3.8) is 0 Å². The second-order valence-electron chi connectivity index (χ2n) is 4.38. The molecule has 2 heterocycles. The Bertz CT molecular complexity index is 680. The van der Waals surface area contributed by atoms with E-state index in [0.717, 1.165) is 13.0 Å². The molecule has 0 amide bonds. The zero-order valence-corrected chi connectivity index (χ0v) is 10.1. The molecule has 0 spiro atoms. The van der Waals surface area contributed by atoms with Crippen molar-refractivity contribution in [1.82, 2.24) is 9.55 Å². The number of fused-ring (bicyclic) bond motifs is 1. The van der Waals surface area contributed by atoms with E-state index in [2.05, 4.69) is 10.3 Å². The van der Waals surface area contributed by atoms with Gasteiger partial charge in [0.25, 0.3) is 5.56 Å². The van der Waals surface area contributed by atoms with Crippen molar-refractivity contribution in [3.05, 3.63) is 40.4 Å². The number of anilines is 1. The Hall–Kier alpha value is -2.37. The lowest BCUT2D eigenvalue weighted by atomic mass is 10.1. The van der Waals surface area contributed by atoms with E-state index < -0.39 is 5.82 Å². The topological polar surface area (TPSA) is 67.1 Å². The van der Waals surface area contributed by atoms with E-state index in [1.165, 1.54) is 28.8 Å². The summed E-state index contributed by atoms with van der Waals surface area (Å²) in [5, 5.41) is 12.9. The summed E-state index contributed by atoms with van der Waals surface area (Å²) >= 11 is 0. The van der Waals surface area contributed by atoms with Crippen molar-refractivity contribution >= 4 is 5.95 Å². The summed E-state index contributed by atoms with van der Waals surface area (Å²) in [6, 6.07) is 5.40. The molecule has 1 aromatic carbocycles. The maximum absolute atomic E-state index is 12.9. The van der Waals surface area contributed by atoms with Crippen LogP contribution >= 0.6 is 0 Å². The molecule has 0 atom stereocenters. The van der Waals surface area contributed by atoms with Crippen molar-refractivity contribution in [2.24, 2.45) is 0 Å². The van der Waals surface area contributed by atoms with Crippen LogP contribution in [0.25, 0.3) is 11.1 Å². The van der Waals surface area contributed by atoms with Gasteiger partial charge in [0.05, 0.1) is 0 Å². The normalized spacial score (nSPS) is 13.7. The number of aromatic nitrogens is 2. The van der Waals surface area contributed by atoms with Crippen LogP contribution in [-0.2, 0) is 6.54 Å². The first-order chi connectivity index (χ1) is 9.16. The summed E-state index contributed by atoms with van der Waals surface area (Å²) in [6.07, 6.45) is 0.822. The van der Waals surface area contributed by atoms with E-state index in [1.807, 2.05) is 0 Å². The molecule has 98 valence electrons. The maximum atomic E-state index is 12.9. The van der Waals surface area contributed by atoms with Crippen molar-refractivity contribution in [2.75, 3.05) is 11.9 Å². The first-order valence-corrected chi connectivity index (χ1v) is 6.00. The van der Waals surface area contributed by atoms with Gasteiger partial charge in [-0.15, -0.1) is 0 Å². The van der Waals surface area contributed by atoms with Crippen molar-refractivity contribution in [2.45, 2.75) is 13.0 Å². The Morgan fingerprint density at radius 1 is 1.32 bits per heavy atom. The summed E-state index contributed by atoms with van der Waals surface area (Å²) in [4.78, 5) is 16.3. The number of halogens is 1. The molecule has 0 unspecified atom stereocenters. The molecule has 0 radical (unpaired) electrons. The fourth-order valence-corrected chi connectivity index (χ4v) is 2.19. The molecule has 3 rings (SSSR count). The van der Waals surface area contributed by atoms with Crippen molar-refractivity contribution < 1.29 is 9.50 Å². The number of nitrogens with one attached hydrogen (secondary N) is 1. The highest BCUT2D eigenvalue weighted by Crippen LogP contribution is 2.26. The minimum Gasteiger partial charge on any atom is -0.493 e. The minimum atomic E-state index is -0.393. The third-order valence-corrected chi connectivity index (χ3v) is 3.12. The molecule has 6 heteroatoms. The van der Waals surface area contributed by atoms with E-state index >= 15 is 0 Å². The van der Waals surface area contributed by atoms with Gasteiger partial charge in [0.2, 0.25) is 11.8 Å². The Morgan fingerprint density at radius 2 is 2.05 bits per heavy atom. The van der Waals surface area contributed by atoms with Gasteiger partial charge in [0.15, 0.2) is 0 Å². The molecule has 0 saturated carbocycles. The molecule has 2 aromatic rings. The van der Waals surface area contributed by atoms with Gasteiger partial charge in [-0.2, -0.15) is 4.98 Å². The largest absolute Gasteiger partial charge is 0.493 e. The Balaban J connectivity index is 2.21. The summed E-state index contributed by atoms with van der Waals surface area (Å²) < 4.78 is 14.4. The lowest BCUT2D eigenvalue weighted by Gasteiger charge is -2.20. The molecule has 1 aliphatic heterocycles. The SMILES string of the molecule is O=c1c(-c2ccc(F)cc2)c(O)nc2n1CCCN2. The van der Waals surface area contributed by atoms with Crippen molar-refractivity contribution in [3.8, 4) is 17.0 Å². The van der Waals surface area contributed by atoms with E-state index in [4.69, 9.17) is 0 Å². The lowest BCUT2D eigenvalue weighted by molar-refractivity contribution is 0.447. The van der Waals surface area contributed by atoms with Crippen LogP contribution in [0, 0.1) is 5.82 Å². The van der Waals surface area contributed by atoms with Gasteiger partial charge in [0.1, 0.15) is 11.4 Å². The zero-order valence-electron chi connectivity index (χ0n) is 10.1. The second-order valence-corrected chi connectivity index (χ2v) is 4.38. The second kappa shape index (κ2) is 4.38. The van der Waals surface area contributed by atoms with Crippen LogP contribution in [0.4, 0.5) is 10.3 Å². The minimum absolute atomic E-state index is 0.104. The summed E-state index contributed by atoms with van der Waals surface area (Å²) in [5.41, 5.74) is 0.242. The Morgan fingerprint density at radius 3 is 2.79 bits per heavy atom. The highest BCUT2D eigenvalue weighted by molar-refractivity contribution is 5.68. The monoisotopic (exact) mass is 261 g/mol. The van der Waals surface area contributed by atoms with Crippen LogP contribution < -0.4 is 10.9 Å². The quantitative estimate of drug-likeness (QED) is 0.817. The lowest BCUT2D eigenvalue weighted by Crippen LogP contribution is -2.31. The number of rotatable bonds is 1. The van der Waals surface area contributed by atoms with Crippen LogP contribution in [0.15, 0.2) is 29.1 Å². The molecule has 2 N–H and O–H groups in total. The zero-order chi connectivity index (χ0) is 13.4. The summed E-state index contributed by atoms with van der Waals surface area (Å²) in [5.74, 6) is -0.354. The van der Waals surface area contributed by atoms with Crippen LogP contribution in [-0.4, -0.2) is 21.2 Å². The number of nitrogens with zero attached hydrogens (tertiary/aromatic N) is 2. The van der Waals surface area contributed by atoms with E-state index in [1.54, 1.807) is 0 Å². The molecule has 1 aromatic heterocycles. The Labute approximate surface area is 108 Å². The smallest absolute Gasteiger partial charge is 0.266 e. The van der Waals surface area contributed by atoms with Gasteiger partial charge in [-0.1, -0.05) is 12.1 Å². The highest BCUT2D eigenvalue weighted by Gasteiger charge is 2.19. The Kier molecular flexibility index (Phi) is 2.70. The van der Waals surface area contributed by atoms with Gasteiger partial charge in [0, 0.05) is 13.1 Å².